The summed E-state index contributed by atoms with van der Waals surface area (Å²) in [5.74, 6) is -2.14. The number of aliphatic hydroxyl groups is 1. The standard InChI is InChI=1S/C16H16BrF3N2O2/c1-9-2-7-13-12(8-9)15(24,16(18,19)20)22(21-13)14(23)10-3-5-11(17)6-4-10/h3-6,9,12,24H,2,7-8H2,1H3/t9-,12-,15-/m1/s1. The van der Waals surface area contributed by atoms with Gasteiger partial charge in [0.15, 0.2) is 0 Å². The van der Waals surface area contributed by atoms with Crippen molar-refractivity contribution in [2.24, 2.45) is 16.9 Å². The van der Waals surface area contributed by atoms with Gasteiger partial charge in [0.1, 0.15) is 0 Å². The zero-order valence-electron chi connectivity index (χ0n) is 12.8. The molecular weight excluding hydrogens is 389 g/mol. The van der Waals surface area contributed by atoms with Gasteiger partial charge in [-0.3, -0.25) is 4.79 Å². The van der Waals surface area contributed by atoms with Crippen LogP contribution in [0.4, 0.5) is 13.2 Å². The Morgan fingerprint density at radius 3 is 2.58 bits per heavy atom. The van der Waals surface area contributed by atoms with Crippen molar-refractivity contribution in [3.8, 4) is 0 Å². The summed E-state index contributed by atoms with van der Waals surface area (Å²) in [4.78, 5) is 12.6. The Labute approximate surface area is 145 Å². The Bertz CT molecular complexity index is 690. The lowest BCUT2D eigenvalue weighted by Gasteiger charge is -2.39. The molecule has 1 aliphatic heterocycles. The fourth-order valence-electron chi connectivity index (χ4n) is 3.33. The first-order chi connectivity index (χ1) is 11.1. The number of fused-ring (bicyclic) bond motifs is 1. The zero-order valence-corrected chi connectivity index (χ0v) is 14.4. The molecule has 3 rings (SSSR count). The maximum Gasteiger partial charge on any atom is 0.439 e. The molecule has 1 N–H and O–H groups in total. The molecule has 2 aliphatic rings. The minimum Gasteiger partial charge on any atom is -0.362 e. The molecule has 0 spiro atoms. The zero-order chi connectivity index (χ0) is 17.7. The second-order valence-electron chi connectivity index (χ2n) is 6.37. The number of hydrazone groups is 1. The average Bonchev–Trinajstić information content (AvgIpc) is 2.81. The van der Waals surface area contributed by atoms with Crippen LogP contribution >= 0.6 is 15.9 Å². The highest BCUT2D eigenvalue weighted by atomic mass is 79.9. The maximum absolute atomic E-state index is 13.7. The third-order valence-electron chi connectivity index (χ3n) is 4.67. The number of carbonyl (C=O) groups is 1. The number of benzene rings is 1. The van der Waals surface area contributed by atoms with Crippen molar-refractivity contribution in [3.63, 3.8) is 0 Å². The molecule has 1 aliphatic carbocycles. The topological polar surface area (TPSA) is 52.9 Å². The third-order valence-corrected chi connectivity index (χ3v) is 5.20. The predicted molar refractivity (Wildman–Crippen MR) is 85.3 cm³/mol. The summed E-state index contributed by atoms with van der Waals surface area (Å²) in [6, 6.07) is 5.90. The van der Waals surface area contributed by atoms with Gasteiger partial charge in [-0.05, 0) is 49.4 Å². The highest BCUT2D eigenvalue weighted by molar-refractivity contribution is 9.10. The van der Waals surface area contributed by atoms with Gasteiger partial charge in [-0.25, -0.2) is 0 Å². The SMILES string of the molecule is C[C@@H]1CCC2=NN(C(=O)c3ccc(Br)cc3)[C@](O)(C(F)(F)F)[C@@H]2C1. The highest BCUT2D eigenvalue weighted by Gasteiger charge is 2.68. The molecule has 1 aromatic rings. The molecule has 3 atom stereocenters. The van der Waals surface area contributed by atoms with Crippen molar-refractivity contribution in [2.75, 3.05) is 0 Å². The molecule has 1 heterocycles. The van der Waals surface area contributed by atoms with Gasteiger partial charge < -0.3 is 5.11 Å². The van der Waals surface area contributed by atoms with E-state index in [1.807, 2.05) is 6.92 Å². The van der Waals surface area contributed by atoms with E-state index in [1.165, 1.54) is 12.1 Å². The fraction of sp³-hybridized carbons (Fsp3) is 0.500. The lowest BCUT2D eigenvalue weighted by Crippen LogP contribution is -2.61. The lowest BCUT2D eigenvalue weighted by molar-refractivity contribution is -0.313. The van der Waals surface area contributed by atoms with E-state index in [0.29, 0.717) is 17.3 Å². The highest BCUT2D eigenvalue weighted by Crippen LogP contribution is 2.49. The van der Waals surface area contributed by atoms with E-state index in [0.717, 1.165) is 0 Å². The minimum atomic E-state index is -5.00. The molecule has 0 bridgehead atoms. The van der Waals surface area contributed by atoms with E-state index in [-0.39, 0.29) is 28.6 Å². The molecule has 0 saturated heterocycles. The van der Waals surface area contributed by atoms with Crippen LogP contribution in [0.2, 0.25) is 0 Å². The van der Waals surface area contributed by atoms with Crippen LogP contribution in [0, 0.1) is 11.8 Å². The van der Waals surface area contributed by atoms with Crippen LogP contribution in [-0.4, -0.2) is 33.6 Å². The number of carbonyl (C=O) groups excluding carboxylic acids is 1. The van der Waals surface area contributed by atoms with Crippen LogP contribution in [0.25, 0.3) is 0 Å². The van der Waals surface area contributed by atoms with E-state index in [1.54, 1.807) is 12.1 Å². The smallest absolute Gasteiger partial charge is 0.362 e. The van der Waals surface area contributed by atoms with Crippen LogP contribution in [0.15, 0.2) is 33.8 Å². The van der Waals surface area contributed by atoms with Crippen LogP contribution in [0.1, 0.15) is 36.5 Å². The first-order valence-electron chi connectivity index (χ1n) is 7.61. The van der Waals surface area contributed by atoms with E-state index in [9.17, 15) is 23.1 Å². The average molecular weight is 405 g/mol. The van der Waals surface area contributed by atoms with E-state index < -0.39 is 23.7 Å². The molecule has 4 nitrogen and oxygen atoms in total. The predicted octanol–water partition coefficient (Wildman–Crippen LogP) is 3.95. The summed E-state index contributed by atoms with van der Waals surface area (Å²) in [7, 11) is 0. The first kappa shape index (κ1) is 17.4. The van der Waals surface area contributed by atoms with Gasteiger partial charge in [0.25, 0.3) is 11.6 Å². The van der Waals surface area contributed by atoms with Crippen LogP contribution in [0.3, 0.4) is 0 Å². The van der Waals surface area contributed by atoms with Crippen molar-refractivity contribution < 1.29 is 23.1 Å². The molecule has 0 unspecified atom stereocenters. The molecular formula is C16H16BrF3N2O2. The number of hydrogen-bond acceptors (Lipinski definition) is 3. The van der Waals surface area contributed by atoms with Crippen molar-refractivity contribution in [2.45, 2.75) is 38.1 Å². The monoisotopic (exact) mass is 404 g/mol. The van der Waals surface area contributed by atoms with Gasteiger partial charge >= 0.3 is 6.18 Å². The quantitative estimate of drug-likeness (QED) is 0.770. The first-order valence-corrected chi connectivity index (χ1v) is 8.40. The second kappa shape index (κ2) is 5.84. The normalized spacial score (nSPS) is 30.1. The summed E-state index contributed by atoms with van der Waals surface area (Å²) in [6.45, 7) is 1.84. The van der Waals surface area contributed by atoms with Gasteiger partial charge in [-0.15, -0.1) is 0 Å². The Balaban J connectivity index is 2.03. The fourth-order valence-corrected chi connectivity index (χ4v) is 3.59. The van der Waals surface area contributed by atoms with Crippen molar-refractivity contribution in [3.05, 3.63) is 34.3 Å². The van der Waals surface area contributed by atoms with Gasteiger partial charge in [0.05, 0.1) is 5.92 Å². The summed E-state index contributed by atoms with van der Waals surface area (Å²) in [6.07, 6.45) is -3.79. The number of rotatable bonds is 1. The Morgan fingerprint density at radius 2 is 2.00 bits per heavy atom. The van der Waals surface area contributed by atoms with E-state index >= 15 is 0 Å². The molecule has 1 amide bonds. The van der Waals surface area contributed by atoms with Crippen molar-refractivity contribution in [1.29, 1.82) is 0 Å². The Hall–Kier alpha value is -1.41. The van der Waals surface area contributed by atoms with E-state index in [2.05, 4.69) is 21.0 Å². The molecule has 0 aromatic heterocycles. The number of halogens is 4. The number of nitrogens with zero attached hydrogens (tertiary/aromatic N) is 2. The number of hydrogen-bond donors (Lipinski definition) is 1. The summed E-state index contributed by atoms with van der Waals surface area (Å²) in [5, 5.41) is 14.7. The van der Waals surface area contributed by atoms with Gasteiger partial charge in [0, 0.05) is 15.7 Å². The van der Waals surface area contributed by atoms with Crippen LogP contribution in [-0.2, 0) is 0 Å². The van der Waals surface area contributed by atoms with Gasteiger partial charge in [0.2, 0.25) is 0 Å². The molecule has 1 saturated carbocycles. The van der Waals surface area contributed by atoms with Crippen LogP contribution < -0.4 is 0 Å². The summed E-state index contributed by atoms with van der Waals surface area (Å²) < 4.78 is 41.8. The van der Waals surface area contributed by atoms with Crippen molar-refractivity contribution >= 4 is 27.5 Å². The number of alkyl halides is 3. The summed E-state index contributed by atoms with van der Waals surface area (Å²) in [5.41, 5.74) is -3.00. The van der Waals surface area contributed by atoms with Gasteiger partial charge in [-0.2, -0.15) is 23.3 Å². The molecule has 130 valence electrons. The molecule has 0 radical (unpaired) electrons. The lowest BCUT2D eigenvalue weighted by atomic mass is 9.76. The van der Waals surface area contributed by atoms with Crippen LogP contribution in [0.5, 0.6) is 0 Å². The summed E-state index contributed by atoms with van der Waals surface area (Å²) >= 11 is 3.21. The van der Waals surface area contributed by atoms with E-state index in [4.69, 9.17) is 0 Å². The largest absolute Gasteiger partial charge is 0.439 e. The molecule has 8 heteroatoms. The third kappa shape index (κ3) is 2.65. The minimum absolute atomic E-state index is 0.0329. The second-order valence-corrected chi connectivity index (χ2v) is 7.29. The molecule has 1 aromatic carbocycles. The Kier molecular flexibility index (Phi) is 4.24. The maximum atomic E-state index is 13.7. The van der Waals surface area contributed by atoms with Gasteiger partial charge in [-0.1, -0.05) is 22.9 Å². The Morgan fingerprint density at radius 1 is 1.38 bits per heavy atom. The van der Waals surface area contributed by atoms with Crippen molar-refractivity contribution in [1.82, 2.24) is 5.01 Å². The molecule has 1 fully saturated rings. The molecule has 24 heavy (non-hydrogen) atoms. The number of amides is 1.